The number of hydrogen-bond donors (Lipinski definition) is 1. The third kappa shape index (κ3) is 3.25. The van der Waals surface area contributed by atoms with Crippen LogP contribution in [0.3, 0.4) is 0 Å². The fraction of sp³-hybridized carbons (Fsp3) is 0.600. The highest BCUT2D eigenvalue weighted by molar-refractivity contribution is 5.49. The predicted molar refractivity (Wildman–Crippen MR) is 77.8 cm³/mol. The summed E-state index contributed by atoms with van der Waals surface area (Å²) in [4.78, 5) is 4.61. The molecule has 0 aromatic heterocycles. The topological polar surface area (TPSA) is 32.5 Å². The number of nitrogens with zero attached hydrogens (tertiary/aromatic N) is 2. The molecule has 1 aliphatic rings. The van der Waals surface area contributed by atoms with Gasteiger partial charge in [-0.2, -0.15) is 0 Å². The molecule has 0 spiro atoms. The lowest BCUT2D eigenvalue weighted by Crippen LogP contribution is -2.49. The molecule has 1 heterocycles. The molecule has 0 bridgehead atoms. The molecular formula is C15H24FN3. The van der Waals surface area contributed by atoms with Gasteiger partial charge in [-0.1, -0.05) is 13.0 Å². The molecule has 2 rings (SSSR count). The predicted octanol–water partition coefficient (Wildman–Crippen LogP) is 2.20. The molecule has 1 aromatic carbocycles. The van der Waals surface area contributed by atoms with Crippen LogP contribution < -0.4 is 10.6 Å². The molecule has 0 radical (unpaired) electrons. The van der Waals surface area contributed by atoms with Crippen molar-refractivity contribution in [3.63, 3.8) is 0 Å². The van der Waals surface area contributed by atoms with E-state index in [1.54, 1.807) is 6.07 Å². The van der Waals surface area contributed by atoms with Crippen molar-refractivity contribution in [3.8, 4) is 0 Å². The van der Waals surface area contributed by atoms with E-state index in [9.17, 15) is 4.39 Å². The minimum Gasteiger partial charge on any atom is -0.367 e. The number of anilines is 1. The lowest BCUT2D eigenvalue weighted by atomic mass is 10.1. The van der Waals surface area contributed by atoms with Crippen LogP contribution in [0, 0.1) is 5.82 Å². The van der Waals surface area contributed by atoms with Crippen molar-refractivity contribution in [3.05, 3.63) is 29.6 Å². The van der Waals surface area contributed by atoms with Crippen LogP contribution in [0.2, 0.25) is 0 Å². The molecule has 0 aliphatic carbocycles. The highest BCUT2D eigenvalue weighted by Crippen LogP contribution is 2.22. The van der Waals surface area contributed by atoms with E-state index in [0.29, 0.717) is 18.3 Å². The number of nitrogens with two attached hydrogens (primary N) is 1. The zero-order valence-electron chi connectivity index (χ0n) is 11.9. The Morgan fingerprint density at radius 3 is 2.47 bits per heavy atom. The van der Waals surface area contributed by atoms with Crippen LogP contribution in [-0.4, -0.2) is 37.1 Å². The standard InChI is InChI=1S/C15H24FN3/c1-3-12(2)18-6-8-19(9-7-18)15-5-4-13(11-17)10-14(15)16/h4-5,10,12H,3,6-9,11,17H2,1-2H3. The van der Waals surface area contributed by atoms with Gasteiger partial charge < -0.3 is 10.6 Å². The summed E-state index contributed by atoms with van der Waals surface area (Å²) in [6.07, 6.45) is 1.17. The molecule has 1 fully saturated rings. The molecule has 2 N–H and O–H groups in total. The van der Waals surface area contributed by atoms with Crippen molar-refractivity contribution >= 4 is 5.69 Å². The van der Waals surface area contributed by atoms with Crippen LogP contribution in [0.25, 0.3) is 0 Å². The molecule has 4 heteroatoms. The second-order valence-corrected chi connectivity index (χ2v) is 5.27. The van der Waals surface area contributed by atoms with Crippen LogP contribution in [0.15, 0.2) is 18.2 Å². The van der Waals surface area contributed by atoms with Crippen LogP contribution in [0.1, 0.15) is 25.8 Å². The van der Waals surface area contributed by atoms with E-state index in [0.717, 1.165) is 31.7 Å². The van der Waals surface area contributed by atoms with E-state index in [1.165, 1.54) is 6.42 Å². The van der Waals surface area contributed by atoms with Gasteiger partial charge in [-0.3, -0.25) is 4.90 Å². The van der Waals surface area contributed by atoms with E-state index in [4.69, 9.17) is 5.73 Å². The van der Waals surface area contributed by atoms with Crippen molar-refractivity contribution in [2.45, 2.75) is 32.9 Å². The highest BCUT2D eigenvalue weighted by atomic mass is 19.1. The van der Waals surface area contributed by atoms with E-state index >= 15 is 0 Å². The molecule has 19 heavy (non-hydrogen) atoms. The summed E-state index contributed by atoms with van der Waals surface area (Å²) in [7, 11) is 0. The number of benzene rings is 1. The summed E-state index contributed by atoms with van der Waals surface area (Å²) >= 11 is 0. The minimum absolute atomic E-state index is 0.153. The second kappa shape index (κ2) is 6.35. The van der Waals surface area contributed by atoms with Gasteiger partial charge in [-0.25, -0.2) is 4.39 Å². The van der Waals surface area contributed by atoms with Crippen molar-refractivity contribution in [1.29, 1.82) is 0 Å². The van der Waals surface area contributed by atoms with Crippen molar-refractivity contribution in [1.82, 2.24) is 4.90 Å². The first-order chi connectivity index (χ1) is 9.15. The van der Waals surface area contributed by atoms with Crippen molar-refractivity contribution < 1.29 is 4.39 Å². The third-order valence-corrected chi connectivity index (χ3v) is 4.12. The quantitative estimate of drug-likeness (QED) is 0.906. The van der Waals surface area contributed by atoms with Gasteiger partial charge in [-0.15, -0.1) is 0 Å². The Bertz CT molecular complexity index is 414. The average Bonchev–Trinajstić information content (AvgIpc) is 2.46. The molecule has 1 saturated heterocycles. The Morgan fingerprint density at radius 1 is 1.26 bits per heavy atom. The first-order valence-electron chi connectivity index (χ1n) is 7.13. The largest absolute Gasteiger partial charge is 0.367 e. The van der Waals surface area contributed by atoms with E-state index in [1.807, 2.05) is 12.1 Å². The Hall–Kier alpha value is -1.13. The van der Waals surface area contributed by atoms with E-state index < -0.39 is 0 Å². The Morgan fingerprint density at radius 2 is 1.95 bits per heavy atom. The van der Waals surface area contributed by atoms with Crippen molar-refractivity contribution in [2.75, 3.05) is 31.1 Å². The van der Waals surface area contributed by atoms with E-state index in [2.05, 4.69) is 23.6 Å². The monoisotopic (exact) mass is 265 g/mol. The van der Waals surface area contributed by atoms with Crippen molar-refractivity contribution in [2.24, 2.45) is 5.73 Å². The molecule has 1 aromatic rings. The molecule has 106 valence electrons. The van der Waals surface area contributed by atoms with Gasteiger partial charge in [0.2, 0.25) is 0 Å². The van der Waals surface area contributed by atoms with Crippen LogP contribution in [0.5, 0.6) is 0 Å². The highest BCUT2D eigenvalue weighted by Gasteiger charge is 2.21. The zero-order chi connectivity index (χ0) is 13.8. The smallest absolute Gasteiger partial charge is 0.146 e. The van der Waals surface area contributed by atoms with Gasteiger partial charge >= 0.3 is 0 Å². The van der Waals surface area contributed by atoms with Crippen LogP contribution >= 0.6 is 0 Å². The SMILES string of the molecule is CCC(C)N1CCN(c2ccc(CN)cc2F)CC1. The second-order valence-electron chi connectivity index (χ2n) is 5.27. The zero-order valence-corrected chi connectivity index (χ0v) is 11.9. The summed E-state index contributed by atoms with van der Waals surface area (Å²) < 4.78 is 14.0. The normalized spacial score (nSPS) is 18.6. The van der Waals surface area contributed by atoms with Gasteiger partial charge in [0, 0.05) is 38.8 Å². The number of hydrogen-bond acceptors (Lipinski definition) is 3. The van der Waals surface area contributed by atoms with Gasteiger partial charge in [0.15, 0.2) is 0 Å². The maximum Gasteiger partial charge on any atom is 0.146 e. The Balaban J connectivity index is 2.01. The Labute approximate surface area is 115 Å². The maximum atomic E-state index is 14.0. The maximum absolute atomic E-state index is 14.0. The first kappa shape index (κ1) is 14.3. The molecule has 1 aliphatic heterocycles. The third-order valence-electron chi connectivity index (χ3n) is 4.12. The fourth-order valence-electron chi connectivity index (χ4n) is 2.60. The number of piperazine rings is 1. The minimum atomic E-state index is -0.153. The molecule has 1 atom stereocenters. The van der Waals surface area contributed by atoms with Gasteiger partial charge in [-0.05, 0) is 31.0 Å². The van der Waals surface area contributed by atoms with Gasteiger partial charge in [0.25, 0.3) is 0 Å². The summed E-state index contributed by atoms with van der Waals surface area (Å²) in [6, 6.07) is 5.94. The fourth-order valence-corrected chi connectivity index (χ4v) is 2.60. The Kier molecular flexibility index (Phi) is 4.77. The summed E-state index contributed by atoms with van der Waals surface area (Å²) in [6.45, 7) is 8.65. The lowest BCUT2D eigenvalue weighted by molar-refractivity contribution is 0.192. The van der Waals surface area contributed by atoms with E-state index in [-0.39, 0.29) is 5.82 Å². The average molecular weight is 265 g/mol. The molecule has 3 nitrogen and oxygen atoms in total. The summed E-state index contributed by atoms with van der Waals surface area (Å²) in [5.74, 6) is -0.153. The van der Waals surface area contributed by atoms with Crippen LogP contribution in [-0.2, 0) is 6.54 Å². The molecule has 0 saturated carbocycles. The first-order valence-corrected chi connectivity index (χ1v) is 7.13. The molecular weight excluding hydrogens is 241 g/mol. The van der Waals surface area contributed by atoms with Crippen LogP contribution in [0.4, 0.5) is 10.1 Å². The number of rotatable bonds is 4. The number of halogens is 1. The van der Waals surface area contributed by atoms with Gasteiger partial charge in [0.05, 0.1) is 5.69 Å². The summed E-state index contributed by atoms with van der Waals surface area (Å²) in [5.41, 5.74) is 7.08. The van der Waals surface area contributed by atoms with Gasteiger partial charge in [0.1, 0.15) is 5.82 Å². The molecule has 0 amide bonds. The summed E-state index contributed by atoms with van der Waals surface area (Å²) in [5, 5.41) is 0. The lowest BCUT2D eigenvalue weighted by Gasteiger charge is -2.39. The molecule has 1 unspecified atom stereocenters.